The van der Waals surface area contributed by atoms with Crippen molar-refractivity contribution in [1.29, 1.82) is 0 Å². The van der Waals surface area contributed by atoms with Crippen LogP contribution in [0.3, 0.4) is 0 Å². The molecule has 0 radical (unpaired) electrons. The number of halogens is 3. The van der Waals surface area contributed by atoms with E-state index < -0.39 is 6.04 Å². The average Bonchev–Trinajstić information content (AvgIpc) is 2.98. The van der Waals surface area contributed by atoms with E-state index >= 15 is 0 Å². The lowest BCUT2D eigenvalue weighted by molar-refractivity contribution is 0.0940. The summed E-state index contributed by atoms with van der Waals surface area (Å²) in [6.07, 6.45) is 3.42. The van der Waals surface area contributed by atoms with Crippen molar-refractivity contribution < 1.29 is 9.18 Å². The predicted molar refractivity (Wildman–Crippen MR) is 103 cm³/mol. The summed E-state index contributed by atoms with van der Waals surface area (Å²) in [7, 11) is 1.83. The number of benzene rings is 2. The summed E-state index contributed by atoms with van der Waals surface area (Å²) in [5.74, 6) is -0.0340. The summed E-state index contributed by atoms with van der Waals surface area (Å²) in [5, 5.41) is 3.51. The summed E-state index contributed by atoms with van der Waals surface area (Å²) in [6.45, 7) is 0. The lowest BCUT2D eigenvalue weighted by Gasteiger charge is -2.19. The molecule has 1 N–H and O–H groups in total. The third kappa shape index (κ3) is 4.01. The summed E-state index contributed by atoms with van der Waals surface area (Å²) < 4.78 is 16.2. The molecule has 0 fully saturated rings. The van der Waals surface area contributed by atoms with Gasteiger partial charge in [0.1, 0.15) is 17.7 Å². The van der Waals surface area contributed by atoms with Crippen molar-refractivity contribution in [2.45, 2.75) is 6.04 Å². The van der Waals surface area contributed by atoms with Crippen molar-refractivity contribution in [1.82, 2.24) is 14.9 Å². The van der Waals surface area contributed by atoms with Gasteiger partial charge in [0.15, 0.2) is 0 Å². The zero-order valence-corrected chi connectivity index (χ0v) is 16.1. The maximum atomic E-state index is 13.7. The van der Waals surface area contributed by atoms with Crippen LogP contribution in [0.4, 0.5) is 4.39 Å². The van der Waals surface area contributed by atoms with Gasteiger partial charge in [-0.2, -0.15) is 0 Å². The van der Waals surface area contributed by atoms with Gasteiger partial charge < -0.3 is 9.88 Å². The van der Waals surface area contributed by atoms with Crippen molar-refractivity contribution in [2.75, 3.05) is 0 Å². The number of carbonyl (C=O) groups is 1. The monoisotopic (exact) mass is 469 g/mol. The van der Waals surface area contributed by atoms with Crippen LogP contribution in [0, 0.1) is 9.39 Å². The second kappa shape index (κ2) is 7.53. The smallest absolute Gasteiger partial charge is 0.253 e. The highest BCUT2D eigenvalue weighted by atomic mass is 127. The maximum absolute atomic E-state index is 13.7. The van der Waals surface area contributed by atoms with Crippen molar-refractivity contribution in [2.24, 2.45) is 7.05 Å². The summed E-state index contributed by atoms with van der Waals surface area (Å²) in [5.41, 5.74) is 1.12. The molecule has 1 aromatic heterocycles. The Kier molecular flexibility index (Phi) is 5.39. The van der Waals surface area contributed by atoms with Crippen LogP contribution in [0.5, 0.6) is 0 Å². The topological polar surface area (TPSA) is 46.9 Å². The van der Waals surface area contributed by atoms with E-state index in [2.05, 4.69) is 32.9 Å². The Morgan fingerprint density at radius 1 is 1.32 bits per heavy atom. The third-order valence-electron chi connectivity index (χ3n) is 3.75. The number of aryl methyl sites for hydroxylation is 1. The van der Waals surface area contributed by atoms with Crippen LogP contribution in [0.15, 0.2) is 54.9 Å². The SMILES string of the molecule is Cn1ccnc1C(NC(=O)c1ccc(Cl)cc1I)c1cccc(F)c1. The van der Waals surface area contributed by atoms with Gasteiger partial charge in [-0.3, -0.25) is 4.79 Å². The summed E-state index contributed by atoms with van der Waals surface area (Å²) in [6, 6.07) is 10.6. The van der Waals surface area contributed by atoms with Crippen LogP contribution in [-0.4, -0.2) is 15.5 Å². The molecule has 0 aliphatic heterocycles. The first-order valence-electron chi connectivity index (χ1n) is 7.44. The number of nitrogens with one attached hydrogen (secondary N) is 1. The molecular weight excluding hydrogens is 456 g/mol. The zero-order valence-electron chi connectivity index (χ0n) is 13.2. The number of imidazole rings is 1. The molecule has 1 amide bonds. The van der Waals surface area contributed by atoms with E-state index in [1.807, 2.05) is 7.05 Å². The minimum Gasteiger partial charge on any atom is -0.338 e. The van der Waals surface area contributed by atoms with Gasteiger partial charge in [0.05, 0.1) is 5.56 Å². The largest absolute Gasteiger partial charge is 0.338 e. The van der Waals surface area contributed by atoms with Gasteiger partial charge >= 0.3 is 0 Å². The van der Waals surface area contributed by atoms with Gasteiger partial charge in [0.25, 0.3) is 5.91 Å². The molecule has 2 aromatic carbocycles. The number of nitrogens with zero attached hydrogens (tertiary/aromatic N) is 2. The number of rotatable bonds is 4. The minimum atomic E-state index is -0.574. The highest BCUT2D eigenvalue weighted by Gasteiger charge is 2.22. The van der Waals surface area contributed by atoms with Crippen LogP contribution < -0.4 is 5.32 Å². The second-order valence-electron chi connectivity index (χ2n) is 5.48. The van der Waals surface area contributed by atoms with E-state index in [4.69, 9.17) is 11.6 Å². The van der Waals surface area contributed by atoms with Gasteiger partial charge in [0, 0.05) is 28.0 Å². The van der Waals surface area contributed by atoms with Crippen LogP contribution in [-0.2, 0) is 7.05 Å². The maximum Gasteiger partial charge on any atom is 0.253 e. The first kappa shape index (κ1) is 17.9. The van der Waals surface area contributed by atoms with E-state index in [1.165, 1.54) is 12.1 Å². The zero-order chi connectivity index (χ0) is 18.0. The van der Waals surface area contributed by atoms with Gasteiger partial charge in [-0.1, -0.05) is 23.7 Å². The molecule has 4 nitrogen and oxygen atoms in total. The highest BCUT2D eigenvalue weighted by molar-refractivity contribution is 14.1. The fraction of sp³-hybridized carbons (Fsp3) is 0.111. The summed E-state index contributed by atoms with van der Waals surface area (Å²) >= 11 is 8.01. The number of hydrogen-bond donors (Lipinski definition) is 1. The van der Waals surface area contributed by atoms with Crippen LogP contribution in [0.1, 0.15) is 27.8 Å². The van der Waals surface area contributed by atoms with Crippen molar-refractivity contribution in [3.8, 4) is 0 Å². The second-order valence-corrected chi connectivity index (χ2v) is 7.08. The quantitative estimate of drug-likeness (QED) is 0.578. The lowest BCUT2D eigenvalue weighted by atomic mass is 10.0. The van der Waals surface area contributed by atoms with Gasteiger partial charge in [0.2, 0.25) is 0 Å². The number of carbonyl (C=O) groups excluding carboxylic acids is 1. The molecule has 3 rings (SSSR count). The molecule has 25 heavy (non-hydrogen) atoms. The molecule has 1 atom stereocenters. The highest BCUT2D eigenvalue weighted by Crippen LogP contribution is 2.23. The Morgan fingerprint density at radius 2 is 2.12 bits per heavy atom. The Morgan fingerprint density at radius 3 is 2.76 bits per heavy atom. The van der Waals surface area contributed by atoms with Crippen LogP contribution in [0.2, 0.25) is 5.02 Å². The fourth-order valence-electron chi connectivity index (χ4n) is 2.52. The van der Waals surface area contributed by atoms with E-state index in [-0.39, 0.29) is 11.7 Å². The lowest BCUT2D eigenvalue weighted by Crippen LogP contribution is -2.31. The standard InChI is InChI=1S/C18H14ClFIN3O/c1-24-8-7-22-17(24)16(11-3-2-4-13(20)9-11)23-18(25)14-6-5-12(19)10-15(14)21/h2-10,16H,1H3,(H,23,25). The molecule has 0 saturated heterocycles. The Bertz CT molecular complexity index is 928. The number of hydrogen-bond acceptors (Lipinski definition) is 2. The first-order chi connectivity index (χ1) is 12.0. The van der Waals surface area contributed by atoms with E-state index in [0.29, 0.717) is 22.0 Å². The molecule has 1 heterocycles. The summed E-state index contributed by atoms with van der Waals surface area (Å²) in [4.78, 5) is 17.1. The molecule has 3 aromatic rings. The molecule has 7 heteroatoms. The van der Waals surface area contributed by atoms with Gasteiger partial charge in [-0.15, -0.1) is 0 Å². The molecular formula is C18H14ClFIN3O. The van der Waals surface area contributed by atoms with E-state index in [0.717, 1.165) is 3.57 Å². The Balaban J connectivity index is 1.98. The van der Waals surface area contributed by atoms with Crippen LogP contribution in [0.25, 0.3) is 0 Å². The fourth-order valence-corrected chi connectivity index (χ4v) is 3.64. The Labute approximate surface area is 163 Å². The molecule has 1 unspecified atom stereocenters. The van der Waals surface area contributed by atoms with Crippen molar-refractivity contribution in [3.63, 3.8) is 0 Å². The Hall–Kier alpha value is -1.93. The molecule has 128 valence electrons. The van der Waals surface area contributed by atoms with Gasteiger partial charge in [-0.25, -0.2) is 9.37 Å². The van der Waals surface area contributed by atoms with Crippen molar-refractivity contribution >= 4 is 40.1 Å². The molecule has 0 saturated carbocycles. The van der Waals surface area contributed by atoms with Gasteiger partial charge in [-0.05, 0) is 58.5 Å². The average molecular weight is 470 g/mol. The van der Waals surface area contributed by atoms with Crippen molar-refractivity contribution in [3.05, 3.63) is 86.2 Å². The minimum absolute atomic E-state index is 0.279. The predicted octanol–water partition coefficient (Wildman–Crippen LogP) is 4.34. The first-order valence-corrected chi connectivity index (χ1v) is 8.90. The molecule has 0 spiro atoms. The molecule has 0 aliphatic carbocycles. The van der Waals surface area contributed by atoms with E-state index in [9.17, 15) is 9.18 Å². The molecule has 0 bridgehead atoms. The van der Waals surface area contributed by atoms with Crippen LogP contribution >= 0.6 is 34.2 Å². The molecule has 0 aliphatic rings. The number of aromatic nitrogens is 2. The third-order valence-corrected chi connectivity index (χ3v) is 4.88. The number of amides is 1. The van der Waals surface area contributed by atoms with E-state index in [1.54, 1.807) is 47.3 Å². The normalized spacial score (nSPS) is 12.0.